The van der Waals surface area contributed by atoms with E-state index in [-0.39, 0.29) is 0 Å². The summed E-state index contributed by atoms with van der Waals surface area (Å²) < 4.78 is 1.63. The van der Waals surface area contributed by atoms with Crippen LogP contribution in [0.1, 0.15) is 11.3 Å². The monoisotopic (exact) mass is 255 g/mol. The SMILES string of the molecule is Cc1[nH]ncc1CNc1ccccc1-n1cnnn1. The van der Waals surface area contributed by atoms with Gasteiger partial charge >= 0.3 is 0 Å². The Morgan fingerprint density at radius 1 is 1.32 bits per heavy atom. The van der Waals surface area contributed by atoms with Crippen LogP contribution in [0.4, 0.5) is 5.69 Å². The minimum Gasteiger partial charge on any atom is -0.379 e. The number of nitrogens with one attached hydrogen (secondary N) is 2. The number of aryl methyl sites for hydroxylation is 1. The normalized spacial score (nSPS) is 10.6. The topological polar surface area (TPSA) is 84.3 Å². The first-order valence-corrected chi connectivity index (χ1v) is 5.89. The third-order valence-electron chi connectivity index (χ3n) is 2.90. The molecule has 2 aromatic heterocycles. The lowest BCUT2D eigenvalue weighted by atomic mass is 10.2. The van der Waals surface area contributed by atoms with E-state index in [9.17, 15) is 0 Å². The molecule has 0 amide bonds. The Morgan fingerprint density at radius 2 is 2.21 bits per heavy atom. The first kappa shape index (κ1) is 11.4. The molecule has 3 aromatic rings. The Morgan fingerprint density at radius 3 is 2.95 bits per heavy atom. The van der Waals surface area contributed by atoms with Gasteiger partial charge in [0, 0.05) is 17.8 Å². The second-order valence-electron chi connectivity index (χ2n) is 4.15. The predicted octanol–water partition coefficient (Wildman–Crippen LogP) is 1.31. The summed E-state index contributed by atoms with van der Waals surface area (Å²) in [6.45, 7) is 2.69. The summed E-state index contributed by atoms with van der Waals surface area (Å²) in [4.78, 5) is 0. The van der Waals surface area contributed by atoms with Gasteiger partial charge in [-0.3, -0.25) is 5.10 Å². The van der Waals surface area contributed by atoms with Crippen LogP contribution in [-0.4, -0.2) is 30.4 Å². The number of aromatic amines is 1. The Kier molecular flexibility index (Phi) is 2.93. The Hall–Kier alpha value is -2.70. The number of aromatic nitrogens is 6. The molecule has 0 aliphatic heterocycles. The number of para-hydroxylation sites is 2. The lowest BCUT2D eigenvalue weighted by Gasteiger charge is -2.10. The highest BCUT2D eigenvalue weighted by atomic mass is 15.5. The number of benzene rings is 1. The van der Waals surface area contributed by atoms with Gasteiger partial charge < -0.3 is 5.32 Å². The maximum atomic E-state index is 4.00. The summed E-state index contributed by atoms with van der Waals surface area (Å²) in [6, 6.07) is 7.87. The molecular weight excluding hydrogens is 242 g/mol. The average molecular weight is 255 g/mol. The number of H-pyrrole nitrogens is 1. The summed E-state index contributed by atoms with van der Waals surface area (Å²) in [6.07, 6.45) is 3.39. The van der Waals surface area contributed by atoms with Crippen molar-refractivity contribution in [1.29, 1.82) is 0 Å². The fraction of sp³-hybridized carbons (Fsp3) is 0.167. The summed E-state index contributed by atoms with van der Waals surface area (Å²) in [5.41, 5.74) is 4.07. The zero-order chi connectivity index (χ0) is 13.1. The van der Waals surface area contributed by atoms with Gasteiger partial charge in [0.15, 0.2) is 0 Å². The lowest BCUT2D eigenvalue weighted by Crippen LogP contribution is -2.05. The molecule has 0 unspecified atom stereocenters. The van der Waals surface area contributed by atoms with Gasteiger partial charge in [-0.1, -0.05) is 12.1 Å². The summed E-state index contributed by atoms with van der Waals surface area (Å²) in [5.74, 6) is 0. The molecule has 0 spiro atoms. The first-order valence-electron chi connectivity index (χ1n) is 5.89. The van der Waals surface area contributed by atoms with E-state index in [1.165, 1.54) is 0 Å². The van der Waals surface area contributed by atoms with Crippen LogP contribution in [0.2, 0.25) is 0 Å². The largest absolute Gasteiger partial charge is 0.379 e. The predicted molar refractivity (Wildman–Crippen MR) is 69.8 cm³/mol. The molecular formula is C12H13N7. The van der Waals surface area contributed by atoms with Crippen molar-refractivity contribution in [2.45, 2.75) is 13.5 Å². The highest BCUT2D eigenvalue weighted by molar-refractivity contribution is 5.60. The second kappa shape index (κ2) is 4.89. The summed E-state index contributed by atoms with van der Waals surface area (Å²) >= 11 is 0. The fourth-order valence-corrected chi connectivity index (χ4v) is 1.84. The first-order chi connectivity index (χ1) is 9.34. The van der Waals surface area contributed by atoms with Crippen molar-refractivity contribution in [2.24, 2.45) is 0 Å². The van der Waals surface area contributed by atoms with Crippen LogP contribution in [0.25, 0.3) is 5.69 Å². The summed E-state index contributed by atoms with van der Waals surface area (Å²) in [7, 11) is 0. The quantitative estimate of drug-likeness (QED) is 0.734. The lowest BCUT2D eigenvalue weighted by molar-refractivity contribution is 0.789. The van der Waals surface area contributed by atoms with Crippen molar-refractivity contribution >= 4 is 5.69 Å². The van der Waals surface area contributed by atoms with Gasteiger partial charge in [-0.25, -0.2) is 0 Å². The van der Waals surface area contributed by atoms with E-state index >= 15 is 0 Å². The van der Waals surface area contributed by atoms with E-state index in [1.807, 2.05) is 37.4 Å². The van der Waals surface area contributed by atoms with Gasteiger partial charge in [0.2, 0.25) is 0 Å². The number of rotatable bonds is 4. The maximum absolute atomic E-state index is 4.00. The minimum absolute atomic E-state index is 0.696. The molecule has 0 aliphatic rings. The zero-order valence-electron chi connectivity index (χ0n) is 10.4. The van der Waals surface area contributed by atoms with Crippen molar-refractivity contribution in [3.05, 3.63) is 48.0 Å². The molecule has 0 atom stereocenters. The molecule has 2 heterocycles. The number of anilines is 1. The molecule has 3 rings (SSSR count). The van der Waals surface area contributed by atoms with E-state index in [1.54, 1.807) is 11.0 Å². The van der Waals surface area contributed by atoms with Crippen LogP contribution in [0.3, 0.4) is 0 Å². The molecule has 0 aliphatic carbocycles. The van der Waals surface area contributed by atoms with E-state index in [2.05, 4.69) is 31.0 Å². The standard InChI is InChI=1S/C12H13N7/c1-9-10(7-14-16-9)6-13-11-4-2-3-5-12(11)19-8-15-17-18-19/h2-5,7-8,13H,6H2,1H3,(H,14,16). The van der Waals surface area contributed by atoms with Crippen LogP contribution in [0.5, 0.6) is 0 Å². The molecule has 96 valence electrons. The van der Waals surface area contributed by atoms with E-state index in [4.69, 9.17) is 0 Å². The Balaban J connectivity index is 1.84. The number of nitrogens with zero attached hydrogens (tertiary/aromatic N) is 5. The molecule has 2 N–H and O–H groups in total. The summed E-state index contributed by atoms with van der Waals surface area (Å²) in [5, 5.41) is 21.5. The molecule has 7 nitrogen and oxygen atoms in total. The second-order valence-corrected chi connectivity index (χ2v) is 4.15. The van der Waals surface area contributed by atoms with Gasteiger partial charge in [-0.05, 0) is 29.5 Å². The van der Waals surface area contributed by atoms with Crippen LogP contribution in [-0.2, 0) is 6.54 Å². The number of hydrogen-bond acceptors (Lipinski definition) is 5. The molecule has 0 saturated carbocycles. The van der Waals surface area contributed by atoms with Crippen molar-refractivity contribution in [3.8, 4) is 5.69 Å². The van der Waals surface area contributed by atoms with Gasteiger partial charge in [-0.15, -0.1) is 5.10 Å². The van der Waals surface area contributed by atoms with Crippen LogP contribution in [0, 0.1) is 6.92 Å². The molecule has 7 heteroatoms. The van der Waals surface area contributed by atoms with E-state index in [0.717, 1.165) is 22.6 Å². The van der Waals surface area contributed by atoms with Gasteiger partial charge in [0.1, 0.15) is 6.33 Å². The van der Waals surface area contributed by atoms with Gasteiger partial charge in [-0.2, -0.15) is 9.78 Å². The molecule has 0 radical (unpaired) electrons. The van der Waals surface area contributed by atoms with E-state index in [0.29, 0.717) is 6.54 Å². The maximum Gasteiger partial charge on any atom is 0.143 e. The van der Waals surface area contributed by atoms with Crippen molar-refractivity contribution < 1.29 is 0 Å². The van der Waals surface area contributed by atoms with E-state index < -0.39 is 0 Å². The fourth-order valence-electron chi connectivity index (χ4n) is 1.84. The van der Waals surface area contributed by atoms with Crippen molar-refractivity contribution in [3.63, 3.8) is 0 Å². The molecule has 1 aromatic carbocycles. The number of hydrogen-bond donors (Lipinski definition) is 2. The van der Waals surface area contributed by atoms with Crippen LogP contribution >= 0.6 is 0 Å². The third kappa shape index (κ3) is 2.30. The molecule has 0 fully saturated rings. The number of tetrazole rings is 1. The van der Waals surface area contributed by atoms with Gasteiger partial charge in [0.05, 0.1) is 17.6 Å². The third-order valence-corrected chi connectivity index (χ3v) is 2.90. The van der Waals surface area contributed by atoms with Crippen LogP contribution in [0.15, 0.2) is 36.8 Å². The Labute approximate surface area is 109 Å². The highest BCUT2D eigenvalue weighted by Gasteiger charge is 2.06. The minimum atomic E-state index is 0.696. The van der Waals surface area contributed by atoms with Crippen molar-refractivity contribution in [2.75, 3.05) is 5.32 Å². The molecule has 19 heavy (non-hydrogen) atoms. The molecule has 0 saturated heterocycles. The average Bonchev–Trinajstić information content (AvgIpc) is 3.08. The van der Waals surface area contributed by atoms with Gasteiger partial charge in [0.25, 0.3) is 0 Å². The zero-order valence-corrected chi connectivity index (χ0v) is 10.4. The smallest absolute Gasteiger partial charge is 0.143 e. The van der Waals surface area contributed by atoms with Crippen LogP contribution < -0.4 is 5.32 Å². The van der Waals surface area contributed by atoms with Crippen molar-refractivity contribution in [1.82, 2.24) is 30.4 Å². The molecule has 0 bridgehead atoms. The highest BCUT2D eigenvalue weighted by Crippen LogP contribution is 2.19. The Bertz CT molecular complexity index is 656.